The quantitative estimate of drug-likeness (QED) is 0.698. The molecule has 2 aromatic rings. The van der Waals surface area contributed by atoms with E-state index in [-0.39, 0.29) is 5.54 Å². The topological polar surface area (TPSA) is 37.7 Å². The van der Waals surface area contributed by atoms with Crippen molar-refractivity contribution in [3.63, 3.8) is 0 Å². The summed E-state index contributed by atoms with van der Waals surface area (Å²) in [6.07, 6.45) is 4.79. The largest absolute Gasteiger partial charge is 0.481 e. The molecule has 4 heteroatoms. The number of hydrogen-bond donors (Lipinski definition) is 0. The van der Waals surface area contributed by atoms with E-state index >= 15 is 0 Å². The molecule has 3 rings (SSSR count). The molecule has 0 spiro atoms. The number of benzene rings is 1. The number of aromatic nitrogens is 1. The highest BCUT2D eigenvalue weighted by molar-refractivity contribution is 5.83. The zero-order valence-electron chi connectivity index (χ0n) is 16.7. The summed E-state index contributed by atoms with van der Waals surface area (Å²) in [4.78, 5) is 11.3. The normalized spacial score (nSPS) is 19.0. The van der Waals surface area contributed by atoms with Gasteiger partial charge in [0.05, 0.1) is 19.0 Å². The van der Waals surface area contributed by atoms with Crippen molar-refractivity contribution >= 4 is 17.6 Å². The molecule has 0 bridgehead atoms. The number of fused-ring (bicyclic) bond motifs is 1. The molecule has 0 amide bonds. The molecule has 0 N–H and O–H groups in total. The van der Waals surface area contributed by atoms with Gasteiger partial charge in [-0.05, 0) is 69.4 Å². The number of anilines is 1. The molecule has 0 unspecified atom stereocenters. The highest BCUT2D eigenvalue weighted by Gasteiger charge is 2.37. The van der Waals surface area contributed by atoms with Crippen LogP contribution in [-0.2, 0) is 0 Å². The van der Waals surface area contributed by atoms with Gasteiger partial charge in [-0.25, -0.2) is 4.98 Å². The molecule has 1 aromatic carbocycles. The van der Waals surface area contributed by atoms with Crippen molar-refractivity contribution in [2.24, 2.45) is 4.99 Å². The third-order valence-electron chi connectivity index (χ3n) is 5.11. The molecule has 1 aliphatic heterocycles. The van der Waals surface area contributed by atoms with Gasteiger partial charge in [-0.1, -0.05) is 13.0 Å². The average Bonchev–Trinajstić information content (AvgIpc) is 2.59. The molecule has 138 valence electrons. The summed E-state index contributed by atoms with van der Waals surface area (Å²) >= 11 is 0. The van der Waals surface area contributed by atoms with E-state index in [1.807, 2.05) is 18.3 Å². The highest BCUT2D eigenvalue weighted by atomic mass is 16.5. The number of rotatable bonds is 4. The lowest BCUT2D eigenvalue weighted by Gasteiger charge is -2.50. The van der Waals surface area contributed by atoms with Gasteiger partial charge < -0.3 is 9.64 Å². The van der Waals surface area contributed by atoms with Crippen LogP contribution in [0.4, 0.5) is 11.4 Å². The lowest BCUT2D eigenvalue weighted by Crippen LogP contribution is -2.51. The van der Waals surface area contributed by atoms with Crippen LogP contribution in [0.2, 0.25) is 0 Å². The van der Waals surface area contributed by atoms with Crippen LogP contribution in [-0.4, -0.2) is 29.9 Å². The number of pyridine rings is 1. The monoisotopic (exact) mass is 351 g/mol. The highest BCUT2D eigenvalue weighted by Crippen LogP contribution is 2.44. The molecule has 0 saturated heterocycles. The van der Waals surface area contributed by atoms with Gasteiger partial charge in [-0.2, -0.15) is 0 Å². The van der Waals surface area contributed by atoms with E-state index in [0.717, 1.165) is 17.7 Å². The van der Waals surface area contributed by atoms with E-state index in [9.17, 15) is 0 Å². The number of ether oxygens (including phenoxy) is 1. The third-order valence-corrected chi connectivity index (χ3v) is 5.11. The van der Waals surface area contributed by atoms with Crippen LogP contribution < -0.4 is 9.64 Å². The molecule has 1 aliphatic rings. The second-order valence-electron chi connectivity index (χ2n) is 8.02. The van der Waals surface area contributed by atoms with Crippen molar-refractivity contribution < 1.29 is 4.74 Å². The maximum Gasteiger partial charge on any atom is 0.213 e. The van der Waals surface area contributed by atoms with Crippen molar-refractivity contribution in [1.82, 2.24) is 4.98 Å². The van der Waals surface area contributed by atoms with Crippen molar-refractivity contribution in [2.45, 2.75) is 58.5 Å². The Hall–Kier alpha value is -2.36. The number of nitrogens with zero attached hydrogens (tertiary/aromatic N) is 3. The van der Waals surface area contributed by atoms with Crippen molar-refractivity contribution in [2.75, 3.05) is 12.0 Å². The second-order valence-corrected chi connectivity index (χ2v) is 8.02. The van der Waals surface area contributed by atoms with Gasteiger partial charge in [0.2, 0.25) is 5.88 Å². The lowest BCUT2D eigenvalue weighted by atomic mass is 9.79. The Bertz CT molecular complexity index is 794. The molecule has 1 atom stereocenters. The molecular weight excluding hydrogens is 322 g/mol. The Morgan fingerprint density at radius 1 is 1.27 bits per heavy atom. The smallest absolute Gasteiger partial charge is 0.213 e. The van der Waals surface area contributed by atoms with Crippen molar-refractivity contribution in [3.05, 3.63) is 47.7 Å². The molecule has 2 heterocycles. The first kappa shape index (κ1) is 18.4. The maximum absolute atomic E-state index is 5.08. The van der Waals surface area contributed by atoms with Gasteiger partial charge >= 0.3 is 0 Å². The van der Waals surface area contributed by atoms with E-state index in [2.05, 4.69) is 67.7 Å². The molecule has 0 fully saturated rings. The number of aliphatic imine (C=N–C) groups is 1. The van der Waals surface area contributed by atoms with E-state index in [0.29, 0.717) is 17.8 Å². The summed E-state index contributed by atoms with van der Waals surface area (Å²) in [5.74, 6) is 1.13. The maximum atomic E-state index is 5.08. The van der Waals surface area contributed by atoms with Gasteiger partial charge in [-0.15, -0.1) is 0 Å². The standard InChI is InChI=1S/C22H29N3O/c1-15(2)25-20-9-7-17(11-19(20)16(3)12-22(25,4)5)13-23-18-8-10-21(26-6)24-14-18/h7-11,13-16H,12H2,1-6H3/t16-/m1/s1. The summed E-state index contributed by atoms with van der Waals surface area (Å²) in [6.45, 7) is 11.6. The van der Waals surface area contributed by atoms with E-state index in [1.54, 1.807) is 13.3 Å². The van der Waals surface area contributed by atoms with Gasteiger partial charge in [0.1, 0.15) is 0 Å². The second kappa shape index (κ2) is 7.10. The van der Waals surface area contributed by atoms with Gasteiger partial charge in [-0.3, -0.25) is 4.99 Å². The minimum absolute atomic E-state index is 0.172. The Morgan fingerprint density at radius 2 is 2.04 bits per heavy atom. The van der Waals surface area contributed by atoms with Crippen LogP contribution in [0.5, 0.6) is 5.88 Å². The van der Waals surface area contributed by atoms with Crippen LogP contribution in [0.25, 0.3) is 0 Å². The van der Waals surface area contributed by atoms with Gasteiger partial charge in [0, 0.05) is 29.5 Å². The van der Waals surface area contributed by atoms with Crippen molar-refractivity contribution in [3.8, 4) is 5.88 Å². The summed E-state index contributed by atoms with van der Waals surface area (Å²) in [7, 11) is 1.61. The minimum Gasteiger partial charge on any atom is -0.481 e. The zero-order chi connectivity index (χ0) is 18.9. The Labute approximate surface area is 156 Å². The minimum atomic E-state index is 0.172. The predicted molar refractivity (Wildman–Crippen MR) is 109 cm³/mol. The zero-order valence-corrected chi connectivity index (χ0v) is 16.7. The van der Waals surface area contributed by atoms with E-state index in [1.165, 1.54) is 11.3 Å². The van der Waals surface area contributed by atoms with E-state index < -0.39 is 0 Å². The summed E-state index contributed by atoms with van der Waals surface area (Å²) in [5, 5.41) is 0. The molecule has 4 nitrogen and oxygen atoms in total. The first-order chi connectivity index (χ1) is 12.3. The first-order valence-corrected chi connectivity index (χ1v) is 9.29. The van der Waals surface area contributed by atoms with Crippen LogP contribution in [0.15, 0.2) is 41.5 Å². The van der Waals surface area contributed by atoms with E-state index in [4.69, 9.17) is 4.74 Å². The molecule has 0 saturated carbocycles. The average molecular weight is 351 g/mol. The number of methoxy groups -OCH3 is 1. The number of hydrogen-bond acceptors (Lipinski definition) is 4. The summed E-state index contributed by atoms with van der Waals surface area (Å²) in [6, 6.07) is 10.9. The fourth-order valence-corrected chi connectivity index (χ4v) is 4.25. The lowest BCUT2D eigenvalue weighted by molar-refractivity contribution is 0.356. The van der Waals surface area contributed by atoms with Crippen LogP contribution in [0.3, 0.4) is 0 Å². The predicted octanol–water partition coefficient (Wildman–Crippen LogP) is 5.34. The Morgan fingerprint density at radius 3 is 2.65 bits per heavy atom. The van der Waals surface area contributed by atoms with Crippen LogP contribution >= 0.6 is 0 Å². The molecule has 0 radical (unpaired) electrons. The van der Waals surface area contributed by atoms with Gasteiger partial charge in [0.25, 0.3) is 0 Å². The molecule has 1 aromatic heterocycles. The molecular formula is C22H29N3O. The summed E-state index contributed by atoms with van der Waals surface area (Å²) < 4.78 is 5.08. The Kier molecular flexibility index (Phi) is 5.03. The Balaban J connectivity index is 1.90. The molecule has 26 heavy (non-hydrogen) atoms. The van der Waals surface area contributed by atoms with Crippen LogP contribution in [0.1, 0.15) is 58.1 Å². The fraction of sp³-hybridized carbons (Fsp3) is 0.455. The molecule has 0 aliphatic carbocycles. The fourth-order valence-electron chi connectivity index (χ4n) is 4.25. The SMILES string of the molecule is COc1ccc(N=Cc2ccc3c(c2)[C@H](C)CC(C)(C)N3C(C)C)cn1. The van der Waals surface area contributed by atoms with Crippen LogP contribution in [0, 0.1) is 0 Å². The summed E-state index contributed by atoms with van der Waals surface area (Å²) in [5.41, 5.74) is 4.88. The first-order valence-electron chi connectivity index (χ1n) is 9.29. The third kappa shape index (κ3) is 3.59. The van der Waals surface area contributed by atoms with Crippen molar-refractivity contribution in [1.29, 1.82) is 0 Å². The van der Waals surface area contributed by atoms with Gasteiger partial charge in [0.15, 0.2) is 0 Å².